The van der Waals surface area contributed by atoms with E-state index in [-0.39, 0.29) is 17.7 Å². The number of Topliss-reactive ketones (excluding diaryl/α,β-unsaturated/α-hetero) is 1. The van der Waals surface area contributed by atoms with Gasteiger partial charge in [-0.2, -0.15) is 0 Å². The van der Waals surface area contributed by atoms with Crippen molar-refractivity contribution in [2.75, 3.05) is 24.7 Å². The number of sulfonamides is 1. The van der Waals surface area contributed by atoms with Gasteiger partial charge in [0.2, 0.25) is 15.8 Å². The Morgan fingerprint density at radius 3 is 2.30 bits per heavy atom. The van der Waals surface area contributed by atoms with E-state index < -0.39 is 27.9 Å². The predicted molar refractivity (Wildman–Crippen MR) is 113 cm³/mol. The minimum atomic E-state index is -3.42. The average molecular weight is 433 g/mol. The lowest BCUT2D eigenvalue weighted by Gasteiger charge is -2.14. The van der Waals surface area contributed by atoms with Gasteiger partial charge in [-0.1, -0.05) is 12.7 Å². The predicted octanol–water partition coefficient (Wildman–Crippen LogP) is 3.06. The van der Waals surface area contributed by atoms with Crippen molar-refractivity contribution in [1.82, 2.24) is 0 Å². The average Bonchev–Trinajstić information content (AvgIpc) is 2.70. The Morgan fingerprint density at radius 2 is 1.73 bits per heavy atom. The van der Waals surface area contributed by atoms with Crippen LogP contribution in [0.2, 0.25) is 0 Å². The Balaban J connectivity index is 2.07. The zero-order valence-electron chi connectivity index (χ0n) is 16.9. The minimum Gasteiger partial charge on any atom is -0.493 e. The summed E-state index contributed by atoms with van der Waals surface area (Å²) in [5, 5.41) is 0. The maximum atomic E-state index is 12.5. The molecule has 160 valence electrons. The van der Waals surface area contributed by atoms with Gasteiger partial charge >= 0.3 is 5.97 Å². The fourth-order valence-electron chi connectivity index (χ4n) is 2.50. The molecule has 2 aromatic carbocycles. The molecule has 0 aromatic heterocycles. The number of carbonyl (C=O) groups is 2. The highest BCUT2D eigenvalue weighted by atomic mass is 32.2. The van der Waals surface area contributed by atoms with Gasteiger partial charge in [0.1, 0.15) is 6.61 Å². The first-order valence-electron chi connectivity index (χ1n) is 8.89. The molecule has 9 heteroatoms. The van der Waals surface area contributed by atoms with Crippen LogP contribution in [0, 0.1) is 0 Å². The van der Waals surface area contributed by atoms with E-state index in [9.17, 15) is 18.0 Å². The van der Waals surface area contributed by atoms with Crippen molar-refractivity contribution in [2.45, 2.75) is 13.0 Å². The van der Waals surface area contributed by atoms with Crippen molar-refractivity contribution in [1.29, 1.82) is 0 Å². The SMILES string of the molecule is C=CCOc1ccc(C(=O)OC(C)C(=O)c2ccc(NS(C)(=O)=O)cc2)cc1OC. The first-order chi connectivity index (χ1) is 14.1. The number of nitrogens with one attached hydrogen (secondary N) is 1. The van der Waals surface area contributed by atoms with Crippen molar-refractivity contribution in [3.05, 3.63) is 66.2 Å². The molecule has 1 atom stereocenters. The normalized spacial score (nSPS) is 11.8. The van der Waals surface area contributed by atoms with Gasteiger partial charge in [0, 0.05) is 11.3 Å². The van der Waals surface area contributed by atoms with Crippen LogP contribution in [-0.4, -0.2) is 46.2 Å². The van der Waals surface area contributed by atoms with E-state index in [4.69, 9.17) is 14.2 Å². The van der Waals surface area contributed by atoms with Crippen LogP contribution < -0.4 is 14.2 Å². The standard InChI is InChI=1S/C21H23NO7S/c1-5-12-28-18-11-8-16(13-19(18)27-3)21(24)29-14(2)20(23)15-6-9-17(10-7-15)22-30(4,25)26/h5-11,13-14,22H,1,12H2,2-4H3. The highest BCUT2D eigenvalue weighted by molar-refractivity contribution is 7.92. The first-order valence-corrected chi connectivity index (χ1v) is 10.8. The number of methoxy groups -OCH3 is 1. The van der Waals surface area contributed by atoms with Crippen molar-refractivity contribution in [3.63, 3.8) is 0 Å². The lowest BCUT2D eigenvalue weighted by atomic mass is 10.1. The molecule has 1 unspecified atom stereocenters. The summed E-state index contributed by atoms with van der Waals surface area (Å²) in [6.07, 6.45) is 1.56. The molecule has 0 aliphatic heterocycles. The third-order valence-corrected chi connectivity index (χ3v) is 4.49. The smallest absolute Gasteiger partial charge is 0.338 e. The molecule has 0 aliphatic rings. The number of ketones is 1. The maximum absolute atomic E-state index is 12.5. The summed E-state index contributed by atoms with van der Waals surface area (Å²) >= 11 is 0. The Morgan fingerprint density at radius 1 is 1.10 bits per heavy atom. The lowest BCUT2D eigenvalue weighted by Crippen LogP contribution is -2.24. The largest absolute Gasteiger partial charge is 0.493 e. The summed E-state index contributed by atoms with van der Waals surface area (Å²) in [6, 6.07) is 10.4. The van der Waals surface area contributed by atoms with E-state index in [0.717, 1.165) is 6.26 Å². The molecule has 0 bridgehead atoms. The molecule has 0 spiro atoms. The molecular formula is C21H23NO7S. The molecule has 0 fully saturated rings. The van der Waals surface area contributed by atoms with Crippen molar-refractivity contribution in [2.24, 2.45) is 0 Å². The summed E-state index contributed by atoms with van der Waals surface area (Å²) in [5.74, 6) is -0.327. The number of carbonyl (C=O) groups excluding carboxylic acids is 2. The van der Waals surface area contributed by atoms with Crippen LogP contribution in [0.5, 0.6) is 11.5 Å². The van der Waals surface area contributed by atoms with E-state index in [1.165, 1.54) is 50.4 Å². The zero-order valence-corrected chi connectivity index (χ0v) is 17.7. The molecule has 0 saturated heterocycles. The summed E-state index contributed by atoms with van der Waals surface area (Å²) < 4.78 is 40.7. The van der Waals surface area contributed by atoms with E-state index in [2.05, 4.69) is 11.3 Å². The molecular weight excluding hydrogens is 410 g/mol. The molecule has 0 amide bonds. The van der Waals surface area contributed by atoms with Crippen molar-refractivity contribution < 1.29 is 32.2 Å². The Hall–Kier alpha value is -3.33. The number of hydrogen-bond acceptors (Lipinski definition) is 7. The van der Waals surface area contributed by atoms with Crippen LogP contribution in [-0.2, 0) is 14.8 Å². The summed E-state index contributed by atoms with van der Waals surface area (Å²) in [7, 11) is -1.97. The van der Waals surface area contributed by atoms with E-state index in [1.807, 2.05) is 0 Å². The molecule has 0 heterocycles. The number of esters is 1. The molecule has 2 rings (SSSR count). The fourth-order valence-corrected chi connectivity index (χ4v) is 3.06. The number of rotatable bonds is 10. The maximum Gasteiger partial charge on any atom is 0.338 e. The molecule has 2 aromatic rings. The summed E-state index contributed by atoms with van der Waals surface area (Å²) in [6.45, 7) is 5.31. The van der Waals surface area contributed by atoms with Gasteiger partial charge in [0.05, 0.1) is 18.9 Å². The second-order valence-corrected chi connectivity index (χ2v) is 8.08. The zero-order chi connectivity index (χ0) is 22.3. The quantitative estimate of drug-likeness (QED) is 0.348. The van der Waals surface area contributed by atoms with Crippen LogP contribution >= 0.6 is 0 Å². The molecule has 8 nitrogen and oxygen atoms in total. The molecule has 0 saturated carbocycles. The fraction of sp³-hybridized carbons (Fsp3) is 0.238. The second kappa shape index (κ2) is 9.93. The number of hydrogen-bond donors (Lipinski definition) is 1. The van der Waals surface area contributed by atoms with Crippen LogP contribution in [0.4, 0.5) is 5.69 Å². The summed E-state index contributed by atoms with van der Waals surface area (Å²) in [4.78, 5) is 25.0. The van der Waals surface area contributed by atoms with Crippen LogP contribution in [0.3, 0.4) is 0 Å². The van der Waals surface area contributed by atoms with Gasteiger partial charge in [-0.3, -0.25) is 9.52 Å². The summed E-state index contributed by atoms with van der Waals surface area (Å²) in [5.41, 5.74) is 0.801. The van der Waals surface area contributed by atoms with Gasteiger partial charge < -0.3 is 14.2 Å². The number of ether oxygens (including phenoxy) is 3. The Labute approximate surface area is 175 Å². The monoisotopic (exact) mass is 433 g/mol. The molecule has 30 heavy (non-hydrogen) atoms. The van der Waals surface area contributed by atoms with Gasteiger partial charge in [-0.15, -0.1) is 0 Å². The van der Waals surface area contributed by atoms with Crippen LogP contribution in [0.25, 0.3) is 0 Å². The highest BCUT2D eigenvalue weighted by Gasteiger charge is 2.21. The second-order valence-electron chi connectivity index (χ2n) is 6.33. The highest BCUT2D eigenvalue weighted by Crippen LogP contribution is 2.28. The van der Waals surface area contributed by atoms with Gasteiger partial charge in [-0.05, 0) is 49.4 Å². The van der Waals surface area contributed by atoms with Gasteiger partial charge in [-0.25, -0.2) is 13.2 Å². The van der Waals surface area contributed by atoms with E-state index in [1.54, 1.807) is 12.1 Å². The minimum absolute atomic E-state index is 0.199. The van der Waals surface area contributed by atoms with E-state index >= 15 is 0 Å². The van der Waals surface area contributed by atoms with Crippen LogP contribution in [0.15, 0.2) is 55.1 Å². The topological polar surface area (TPSA) is 108 Å². The van der Waals surface area contributed by atoms with E-state index in [0.29, 0.717) is 17.2 Å². The molecule has 1 N–H and O–H groups in total. The molecule has 0 radical (unpaired) electrons. The third kappa shape index (κ3) is 6.35. The van der Waals surface area contributed by atoms with Crippen molar-refractivity contribution in [3.8, 4) is 11.5 Å². The molecule has 0 aliphatic carbocycles. The van der Waals surface area contributed by atoms with Crippen molar-refractivity contribution >= 4 is 27.5 Å². The Kier molecular flexibility index (Phi) is 7.60. The number of anilines is 1. The lowest BCUT2D eigenvalue weighted by molar-refractivity contribution is 0.0318. The first kappa shape index (κ1) is 23.0. The van der Waals surface area contributed by atoms with Gasteiger partial charge in [0.25, 0.3) is 0 Å². The Bertz CT molecular complexity index is 1030. The third-order valence-electron chi connectivity index (χ3n) is 3.88. The number of benzene rings is 2. The van der Waals surface area contributed by atoms with Gasteiger partial charge in [0.15, 0.2) is 17.6 Å². The van der Waals surface area contributed by atoms with Crippen LogP contribution in [0.1, 0.15) is 27.6 Å².